The Balaban J connectivity index is 2.39. The first-order valence-corrected chi connectivity index (χ1v) is 6.76. The number of aryl methyl sites for hydroxylation is 1. The van der Waals surface area contributed by atoms with Crippen molar-refractivity contribution in [2.45, 2.75) is 33.6 Å². The smallest absolute Gasteiger partial charge is 0.172 e. The number of nitrogens with zero attached hydrogens (tertiary/aromatic N) is 2. The molecule has 1 aromatic carbocycles. The average molecular weight is 261 g/mol. The van der Waals surface area contributed by atoms with E-state index in [2.05, 4.69) is 36.0 Å². The van der Waals surface area contributed by atoms with Crippen LogP contribution in [0, 0.1) is 12.3 Å². The van der Waals surface area contributed by atoms with Crippen LogP contribution in [0.5, 0.6) is 0 Å². The predicted octanol–water partition coefficient (Wildman–Crippen LogP) is 2.72. The van der Waals surface area contributed by atoms with Gasteiger partial charge in [-0.2, -0.15) is 0 Å². The lowest BCUT2D eigenvalue weighted by Crippen LogP contribution is -2.41. The van der Waals surface area contributed by atoms with E-state index < -0.39 is 0 Å². The molecule has 2 rings (SSSR count). The maximum absolute atomic E-state index is 8.95. The highest BCUT2D eigenvalue weighted by Crippen LogP contribution is 2.33. The predicted molar refractivity (Wildman–Crippen MR) is 78.9 cm³/mol. The number of benzene rings is 1. The van der Waals surface area contributed by atoms with Gasteiger partial charge in [0.1, 0.15) is 0 Å². The minimum atomic E-state index is 0.182. The number of hydrogen-bond donors (Lipinski definition) is 2. The van der Waals surface area contributed by atoms with Gasteiger partial charge in [0.25, 0.3) is 0 Å². The highest BCUT2D eigenvalue weighted by molar-refractivity contribution is 6.02. The van der Waals surface area contributed by atoms with Crippen LogP contribution in [0.15, 0.2) is 23.4 Å². The van der Waals surface area contributed by atoms with Crippen LogP contribution >= 0.6 is 0 Å². The van der Waals surface area contributed by atoms with E-state index in [1.807, 2.05) is 13.0 Å². The average Bonchev–Trinajstić information content (AvgIpc) is 2.36. The third kappa shape index (κ3) is 3.00. The van der Waals surface area contributed by atoms with E-state index in [0.717, 1.165) is 29.9 Å². The number of nitrogens with two attached hydrogens (primary N) is 1. The molecule has 1 heterocycles. The Hall–Kier alpha value is -1.71. The van der Waals surface area contributed by atoms with Crippen LogP contribution in [0.25, 0.3) is 0 Å². The van der Waals surface area contributed by atoms with Crippen molar-refractivity contribution in [3.05, 3.63) is 29.3 Å². The molecular formula is C15H23N3O. The van der Waals surface area contributed by atoms with Gasteiger partial charge in [-0.15, -0.1) is 0 Å². The Bertz CT molecular complexity index is 494. The monoisotopic (exact) mass is 261 g/mol. The molecule has 1 aliphatic heterocycles. The fourth-order valence-electron chi connectivity index (χ4n) is 2.81. The summed E-state index contributed by atoms with van der Waals surface area (Å²) in [5.74, 6) is 0.182. The van der Waals surface area contributed by atoms with Crippen LogP contribution in [0.2, 0.25) is 0 Å². The topological polar surface area (TPSA) is 61.8 Å². The van der Waals surface area contributed by atoms with Crippen LogP contribution in [0.3, 0.4) is 0 Å². The van der Waals surface area contributed by atoms with Crippen LogP contribution in [0.1, 0.15) is 37.8 Å². The second-order valence-electron chi connectivity index (χ2n) is 6.20. The summed E-state index contributed by atoms with van der Waals surface area (Å²) < 4.78 is 0. The van der Waals surface area contributed by atoms with Gasteiger partial charge >= 0.3 is 0 Å². The molecule has 4 heteroatoms. The van der Waals surface area contributed by atoms with Crippen molar-refractivity contribution in [2.75, 3.05) is 18.0 Å². The Labute approximate surface area is 114 Å². The summed E-state index contributed by atoms with van der Waals surface area (Å²) >= 11 is 0. The maximum Gasteiger partial charge on any atom is 0.172 e. The first-order chi connectivity index (χ1) is 8.93. The van der Waals surface area contributed by atoms with Crippen molar-refractivity contribution in [1.29, 1.82) is 0 Å². The Morgan fingerprint density at radius 3 is 2.79 bits per heavy atom. The molecule has 0 unspecified atom stereocenters. The molecule has 19 heavy (non-hydrogen) atoms. The van der Waals surface area contributed by atoms with Gasteiger partial charge in [-0.25, -0.2) is 0 Å². The fourth-order valence-corrected chi connectivity index (χ4v) is 2.81. The first-order valence-electron chi connectivity index (χ1n) is 6.76. The Morgan fingerprint density at radius 2 is 2.16 bits per heavy atom. The van der Waals surface area contributed by atoms with Gasteiger partial charge in [0.15, 0.2) is 5.84 Å². The molecule has 104 valence electrons. The standard InChI is InChI=1S/C15H23N3O/c1-11-5-6-13(12(9-11)14(16)17-19)18-8-4-7-15(2,3)10-18/h5-6,9,19H,4,7-8,10H2,1-3H3,(H2,16,17). The van der Waals surface area contributed by atoms with Gasteiger partial charge < -0.3 is 15.8 Å². The molecule has 1 fully saturated rings. The van der Waals surface area contributed by atoms with Crippen LogP contribution in [-0.2, 0) is 0 Å². The number of rotatable bonds is 2. The zero-order chi connectivity index (χ0) is 14.0. The number of oxime groups is 1. The van der Waals surface area contributed by atoms with E-state index >= 15 is 0 Å². The van der Waals surface area contributed by atoms with Crippen molar-refractivity contribution < 1.29 is 5.21 Å². The van der Waals surface area contributed by atoms with E-state index in [4.69, 9.17) is 10.9 Å². The van der Waals surface area contributed by atoms with Crippen LogP contribution in [-0.4, -0.2) is 24.1 Å². The normalized spacial score (nSPS) is 19.5. The number of amidine groups is 1. The molecular weight excluding hydrogens is 238 g/mol. The molecule has 0 bridgehead atoms. The summed E-state index contributed by atoms with van der Waals surface area (Å²) in [5, 5.41) is 12.1. The second-order valence-corrected chi connectivity index (χ2v) is 6.20. The highest BCUT2D eigenvalue weighted by Gasteiger charge is 2.27. The second kappa shape index (κ2) is 5.11. The molecule has 0 aliphatic carbocycles. The molecule has 3 N–H and O–H groups in total. The van der Waals surface area contributed by atoms with Gasteiger partial charge in [0.05, 0.1) is 0 Å². The van der Waals surface area contributed by atoms with Crippen molar-refractivity contribution in [3.8, 4) is 0 Å². The third-order valence-electron chi connectivity index (χ3n) is 3.78. The first kappa shape index (κ1) is 13.7. The minimum Gasteiger partial charge on any atom is -0.409 e. The quantitative estimate of drug-likeness (QED) is 0.372. The van der Waals surface area contributed by atoms with Crippen molar-refractivity contribution in [2.24, 2.45) is 16.3 Å². The summed E-state index contributed by atoms with van der Waals surface area (Å²) in [5.41, 5.74) is 9.12. The van der Waals surface area contributed by atoms with Gasteiger partial charge in [-0.1, -0.05) is 30.6 Å². The summed E-state index contributed by atoms with van der Waals surface area (Å²) in [4.78, 5) is 2.34. The van der Waals surface area contributed by atoms with E-state index in [1.54, 1.807) is 0 Å². The number of anilines is 1. The largest absolute Gasteiger partial charge is 0.409 e. The van der Waals surface area contributed by atoms with Crippen molar-refractivity contribution in [1.82, 2.24) is 0 Å². The van der Waals surface area contributed by atoms with Crippen LogP contribution in [0.4, 0.5) is 5.69 Å². The van der Waals surface area contributed by atoms with E-state index in [1.165, 1.54) is 12.8 Å². The highest BCUT2D eigenvalue weighted by atomic mass is 16.4. The Kier molecular flexibility index (Phi) is 3.69. The Morgan fingerprint density at radius 1 is 1.42 bits per heavy atom. The SMILES string of the molecule is Cc1ccc(N2CCCC(C)(C)C2)c(/C(N)=N/O)c1. The van der Waals surface area contributed by atoms with Crippen molar-refractivity contribution in [3.63, 3.8) is 0 Å². The summed E-state index contributed by atoms with van der Waals surface area (Å²) in [6, 6.07) is 6.13. The molecule has 0 saturated carbocycles. The summed E-state index contributed by atoms with van der Waals surface area (Å²) in [6.45, 7) is 8.62. The molecule has 4 nitrogen and oxygen atoms in total. The molecule has 0 atom stereocenters. The molecule has 1 aliphatic rings. The summed E-state index contributed by atoms with van der Waals surface area (Å²) in [6.07, 6.45) is 2.42. The molecule has 0 amide bonds. The third-order valence-corrected chi connectivity index (χ3v) is 3.78. The number of piperidine rings is 1. The molecule has 0 aromatic heterocycles. The minimum absolute atomic E-state index is 0.182. The van der Waals surface area contributed by atoms with Crippen LogP contribution < -0.4 is 10.6 Å². The maximum atomic E-state index is 8.95. The number of hydrogen-bond acceptors (Lipinski definition) is 3. The van der Waals surface area contributed by atoms with Crippen molar-refractivity contribution >= 4 is 11.5 Å². The molecule has 1 aromatic rings. The lowest BCUT2D eigenvalue weighted by atomic mass is 9.83. The molecule has 1 saturated heterocycles. The fraction of sp³-hybridized carbons (Fsp3) is 0.533. The van der Waals surface area contributed by atoms with Gasteiger partial charge in [-0.3, -0.25) is 0 Å². The molecule has 0 radical (unpaired) electrons. The van der Waals surface area contributed by atoms with E-state index in [9.17, 15) is 0 Å². The zero-order valence-electron chi connectivity index (χ0n) is 12.0. The van der Waals surface area contributed by atoms with Gasteiger partial charge in [-0.05, 0) is 37.3 Å². The lowest BCUT2D eigenvalue weighted by Gasteiger charge is -2.40. The van der Waals surface area contributed by atoms with Gasteiger partial charge in [0, 0.05) is 24.3 Å². The van der Waals surface area contributed by atoms with E-state index in [0.29, 0.717) is 5.41 Å². The zero-order valence-corrected chi connectivity index (χ0v) is 12.0. The molecule has 0 spiro atoms. The van der Waals surface area contributed by atoms with Gasteiger partial charge in [0.2, 0.25) is 0 Å². The lowest BCUT2D eigenvalue weighted by molar-refractivity contribution is 0.293. The van der Waals surface area contributed by atoms with E-state index in [-0.39, 0.29) is 5.84 Å². The summed E-state index contributed by atoms with van der Waals surface area (Å²) in [7, 11) is 0.